The van der Waals surface area contributed by atoms with Crippen molar-refractivity contribution in [2.45, 2.75) is 508 Å². The number of carbonyl (C=O) groups excluding carboxylic acids is 4. The van der Waals surface area contributed by atoms with Gasteiger partial charge in [0.2, 0.25) is 0 Å². The van der Waals surface area contributed by atoms with Gasteiger partial charge in [-0.15, -0.1) is 0 Å². The molecule has 17 nitrogen and oxygen atoms in total. The molecule has 0 rings (SSSR count). The van der Waals surface area contributed by atoms with Crippen molar-refractivity contribution in [1.29, 1.82) is 0 Å². The minimum atomic E-state index is -4.97. The Balaban J connectivity index is 5.22. The van der Waals surface area contributed by atoms with Gasteiger partial charge in [-0.1, -0.05) is 439 Å². The molecule has 642 valence electrons. The zero-order valence-corrected chi connectivity index (χ0v) is 72.6. The lowest BCUT2D eigenvalue weighted by Crippen LogP contribution is -2.30. The Morgan fingerprint density at radius 3 is 0.546 bits per heavy atom. The van der Waals surface area contributed by atoms with Crippen LogP contribution in [0.25, 0.3) is 0 Å². The first-order valence-electron chi connectivity index (χ1n) is 46.3. The third-order valence-corrected chi connectivity index (χ3v) is 23.0. The van der Waals surface area contributed by atoms with E-state index in [4.69, 9.17) is 37.0 Å². The maximum Gasteiger partial charge on any atom is 0.472 e. The van der Waals surface area contributed by atoms with Gasteiger partial charge in [-0.05, 0) is 25.7 Å². The summed E-state index contributed by atoms with van der Waals surface area (Å²) in [5.41, 5.74) is 0. The predicted molar refractivity (Wildman–Crippen MR) is 446 cm³/mol. The second-order valence-electron chi connectivity index (χ2n) is 32.0. The zero-order valence-electron chi connectivity index (χ0n) is 70.8. The molecule has 108 heavy (non-hydrogen) atoms. The van der Waals surface area contributed by atoms with E-state index in [9.17, 15) is 43.2 Å². The molecular formula is C89H174O17P2. The largest absolute Gasteiger partial charge is 0.472 e. The summed E-state index contributed by atoms with van der Waals surface area (Å²) < 4.78 is 69.0. The highest BCUT2D eigenvalue weighted by atomic mass is 31.2. The number of ether oxygens (including phenoxy) is 4. The second kappa shape index (κ2) is 83.0. The van der Waals surface area contributed by atoms with Crippen molar-refractivity contribution in [1.82, 2.24) is 0 Å². The van der Waals surface area contributed by atoms with Gasteiger partial charge in [0.15, 0.2) is 12.2 Å². The Kier molecular flexibility index (Phi) is 81.5. The molecule has 0 amide bonds. The van der Waals surface area contributed by atoms with Crippen molar-refractivity contribution < 1.29 is 80.2 Å². The summed E-state index contributed by atoms with van der Waals surface area (Å²) in [6.07, 6.45) is 79.2. The third-order valence-electron chi connectivity index (χ3n) is 21.1. The fourth-order valence-electron chi connectivity index (χ4n) is 14.1. The van der Waals surface area contributed by atoms with E-state index >= 15 is 0 Å². The molecule has 0 bridgehead atoms. The molecule has 0 radical (unpaired) electrons. The monoisotopic (exact) mass is 1580 g/mol. The number of aliphatic hydroxyl groups is 1. The lowest BCUT2D eigenvalue weighted by atomic mass is 10.0. The molecule has 0 fully saturated rings. The number of phosphoric ester groups is 2. The Bertz CT molecular complexity index is 2030. The van der Waals surface area contributed by atoms with E-state index in [1.807, 2.05) is 0 Å². The van der Waals surface area contributed by atoms with Crippen molar-refractivity contribution in [2.24, 2.45) is 0 Å². The van der Waals surface area contributed by atoms with Crippen molar-refractivity contribution >= 4 is 39.5 Å². The predicted octanol–water partition coefficient (Wildman–Crippen LogP) is 27.7. The molecule has 0 aromatic carbocycles. The normalized spacial score (nSPS) is 13.7. The Labute approximate surface area is 664 Å². The van der Waals surface area contributed by atoms with Gasteiger partial charge in [0.05, 0.1) is 26.4 Å². The summed E-state index contributed by atoms with van der Waals surface area (Å²) in [5, 5.41) is 10.7. The van der Waals surface area contributed by atoms with Crippen LogP contribution in [-0.2, 0) is 65.4 Å². The van der Waals surface area contributed by atoms with Gasteiger partial charge in [0.25, 0.3) is 0 Å². The van der Waals surface area contributed by atoms with Crippen molar-refractivity contribution in [2.75, 3.05) is 39.6 Å². The molecule has 5 atom stereocenters. The maximum atomic E-state index is 13.2. The molecular weight excluding hydrogens is 1400 g/mol. The van der Waals surface area contributed by atoms with Crippen LogP contribution in [0.3, 0.4) is 0 Å². The summed E-state index contributed by atoms with van der Waals surface area (Å²) in [4.78, 5) is 73.3. The van der Waals surface area contributed by atoms with E-state index in [1.54, 1.807) is 0 Å². The molecule has 2 unspecified atom stereocenters. The molecule has 0 heterocycles. The van der Waals surface area contributed by atoms with Crippen LogP contribution in [0.5, 0.6) is 0 Å². The topological polar surface area (TPSA) is 237 Å². The highest BCUT2D eigenvalue weighted by molar-refractivity contribution is 7.47. The van der Waals surface area contributed by atoms with Gasteiger partial charge in [-0.3, -0.25) is 37.3 Å². The summed E-state index contributed by atoms with van der Waals surface area (Å²) in [6.45, 7) is 5.07. The van der Waals surface area contributed by atoms with Crippen LogP contribution in [0.1, 0.15) is 490 Å². The molecule has 0 spiro atoms. The molecule has 0 aliphatic carbocycles. The first-order chi connectivity index (χ1) is 52.7. The van der Waals surface area contributed by atoms with Gasteiger partial charge in [-0.2, -0.15) is 0 Å². The highest BCUT2D eigenvalue weighted by Gasteiger charge is 2.30. The lowest BCUT2D eigenvalue weighted by Gasteiger charge is -2.21. The number of hydrogen-bond acceptors (Lipinski definition) is 15. The number of esters is 4. The van der Waals surface area contributed by atoms with Crippen LogP contribution < -0.4 is 0 Å². The first kappa shape index (κ1) is 106. The van der Waals surface area contributed by atoms with E-state index in [2.05, 4.69) is 27.7 Å². The first-order valence-corrected chi connectivity index (χ1v) is 49.3. The summed E-state index contributed by atoms with van der Waals surface area (Å²) in [6, 6.07) is 0. The van der Waals surface area contributed by atoms with Crippen molar-refractivity contribution in [3.8, 4) is 0 Å². The Morgan fingerprint density at radius 2 is 0.370 bits per heavy atom. The standard InChI is InChI=1S/C89H174O17P2/c1-5-9-13-17-21-25-29-33-36-38-40-42-43-45-47-49-52-56-60-64-68-72-76-89(94)106-85(80-100-87(92)74-70-66-62-58-54-51-48-46-44-41-39-37-34-30-26-22-18-14-10-6-2)82-104-108(97,98)102-78-83(90)77-101-107(95,96)103-81-84(79-99-86(91)73-69-65-61-57-53-32-28-24-20-16-12-8-4)105-88(93)75-71-67-63-59-55-50-35-31-27-23-19-15-11-7-3/h83-85,90H,5-82H2,1-4H3,(H,95,96)(H,97,98)/t83-,84+,85+/m0/s1. The van der Waals surface area contributed by atoms with Crippen LogP contribution in [0, 0.1) is 0 Å². The number of carbonyl (C=O) groups is 4. The summed E-state index contributed by atoms with van der Waals surface area (Å²) >= 11 is 0. The van der Waals surface area contributed by atoms with Gasteiger partial charge < -0.3 is 33.8 Å². The number of hydrogen-bond donors (Lipinski definition) is 3. The maximum absolute atomic E-state index is 13.2. The van der Waals surface area contributed by atoms with E-state index < -0.39 is 97.5 Å². The quantitative estimate of drug-likeness (QED) is 0.0222. The number of phosphoric acid groups is 2. The van der Waals surface area contributed by atoms with Gasteiger partial charge in [0.1, 0.15) is 19.3 Å². The van der Waals surface area contributed by atoms with Gasteiger partial charge in [0, 0.05) is 25.7 Å². The summed E-state index contributed by atoms with van der Waals surface area (Å²) in [5.74, 6) is -2.09. The second-order valence-corrected chi connectivity index (χ2v) is 34.9. The Morgan fingerprint density at radius 1 is 0.222 bits per heavy atom. The summed E-state index contributed by atoms with van der Waals surface area (Å²) in [7, 11) is -9.93. The van der Waals surface area contributed by atoms with Crippen LogP contribution in [0.4, 0.5) is 0 Å². The van der Waals surface area contributed by atoms with Gasteiger partial charge in [-0.25, -0.2) is 9.13 Å². The fraction of sp³-hybridized carbons (Fsp3) is 0.955. The minimum absolute atomic E-state index is 0.109. The third kappa shape index (κ3) is 82.1. The van der Waals surface area contributed by atoms with Crippen LogP contribution in [0.15, 0.2) is 0 Å². The molecule has 3 N–H and O–H groups in total. The van der Waals surface area contributed by atoms with Crippen LogP contribution in [-0.4, -0.2) is 96.7 Å². The SMILES string of the molecule is CCCCCCCCCCCCCCCCCCCCCCCCC(=O)O[C@H](COC(=O)CCCCCCCCCCCCCCCCCCCCCC)COP(=O)(O)OC[C@@H](O)COP(=O)(O)OC[C@@H](COC(=O)CCCCCCCCCCCCCC)OC(=O)CCCCCCCCCCCCCCCC. The highest BCUT2D eigenvalue weighted by Crippen LogP contribution is 2.45. The Hall–Kier alpha value is -1.94. The zero-order chi connectivity index (χ0) is 78.9. The van der Waals surface area contributed by atoms with E-state index in [0.717, 1.165) is 89.9 Å². The fourth-order valence-corrected chi connectivity index (χ4v) is 15.6. The number of rotatable bonds is 90. The van der Waals surface area contributed by atoms with Crippen LogP contribution in [0.2, 0.25) is 0 Å². The van der Waals surface area contributed by atoms with E-state index in [1.165, 1.54) is 321 Å². The smallest absolute Gasteiger partial charge is 0.462 e. The minimum Gasteiger partial charge on any atom is -0.462 e. The number of aliphatic hydroxyl groups excluding tert-OH is 1. The average molecular weight is 1580 g/mol. The van der Waals surface area contributed by atoms with Crippen molar-refractivity contribution in [3.05, 3.63) is 0 Å². The van der Waals surface area contributed by atoms with Crippen molar-refractivity contribution in [3.63, 3.8) is 0 Å². The van der Waals surface area contributed by atoms with E-state index in [-0.39, 0.29) is 25.7 Å². The van der Waals surface area contributed by atoms with Crippen LogP contribution >= 0.6 is 15.6 Å². The molecule has 19 heteroatoms. The molecule has 0 aliphatic rings. The molecule has 0 saturated heterocycles. The lowest BCUT2D eigenvalue weighted by molar-refractivity contribution is -0.161. The molecule has 0 aromatic rings. The average Bonchev–Trinajstić information content (AvgIpc) is 0.900. The molecule has 0 saturated carbocycles. The van der Waals surface area contributed by atoms with Gasteiger partial charge >= 0.3 is 39.5 Å². The molecule has 0 aromatic heterocycles. The number of unbranched alkanes of at least 4 members (excludes halogenated alkanes) is 64. The van der Waals surface area contributed by atoms with E-state index in [0.29, 0.717) is 25.7 Å². The molecule has 0 aliphatic heterocycles.